The molecule has 0 radical (unpaired) electrons. The van der Waals surface area contributed by atoms with Gasteiger partial charge in [0.05, 0.1) is 17.3 Å². The molecule has 1 aromatic rings. The van der Waals surface area contributed by atoms with Crippen LogP contribution in [0.25, 0.3) is 0 Å². The first-order chi connectivity index (χ1) is 8.51. The number of likely N-dealkylation sites (tertiary alicyclic amines) is 1. The summed E-state index contributed by atoms with van der Waals surface area (Å²) in [6.07, 6.45) is 3.64. The van der Waals surface area contributed by atoms with Crippen molar-refractivity contribution >= 4 is 17.7 Å². The van der Waals surface area contributed by atoms with Crippen LogP contribution in [-0.2, 0) is 4.79 Å². The quantitative estimate of drug-likeness (QED) is 0.830. The first-order valence-corrected chi connectivity index (χ1v) is 5.71. The Hall–Kier alpha value is -2.11. The lowest BCUT2D eigenvalue weighted by atomic mass is 9.90. The van der Waals surface area contributed by atoms with Gasteiger partial charge in [-0.2, -0.15) is 0 Å². The maximum atomic E-state index is 11.9. The Morgan fingerprint density at radius 1 is 1.56 bits per heavy atom. The summed E-state index contributed by atoms with van der Waals surface area (Å²) in [5.74, 6) is -0.862. The van der Waals surface area contributed by atoms with Gasteiger partial charge in [-0.05, 0) is 25.5 Å². The number of rotatable bonds is 2. The first-order valence-electron chi connectivity index (χ1n) is 5.71. The summed E-state index contributed by atoms with van der Waals surface area (Å²) in [4.78, 5) is 28.4. The molecule has 0 saturated carbocycles. The van der Waals surface area contributed by atoms with Crippen LogP contribution in [0.4, 0.5) is 10.5 Å². The zero-order valence-electron chi connectivity index (χ0n) is 10.1. The molecule has 1 aliphatic heterocycles. The second kappa shape index (κ2) is 4.64. The van der Waals surface area contributed by atoms with Crippen LogP contribution in [0, 0.1) is 5.41 Å². The highest BCUT2D eigenvalue weighted by molar-refractivity contribution is 5.90. The SMILES string of the molecule is CC1(C(=O)O)CCN(C(=O)Nc2cccnc2)C1. The van der Waals surface area contributed by atoms with Crippen molar-refractivity contribution in [3.8, 4) is 0 Å². The molecule has 0 bridgehead atoms. The topological polar surface area (TPSA) is 82.5 Å². The zero-order chi connectivity index (χ0) is 13.2. The Balaban J connectivity index is 1.98. The number of pyridine rings is 1. The van der Waals surface area contributed by atoms with Crippen molar-refractivity contribution < 1.29 is 14.7 Å². The van der Waals surface area contributed by atoms with Crippen molar-refractivity contribution in [2.75, 3.05) is 18.4 Å². The number of carbonyl (C=O) groups is 2. The van der Waals surface area contributed by atoms with E-state index in [-0.39, 0.29) is 12.6 Å². The van der Waals surface area contributed by atoms with Gasteiger partial charge in [0, 0.05) is 19.3 Å². The van der Waals surface area contributed by atoms with E-state index < -0.39 is 11.4 Å². The highest BCUT2D eigenvalue weighted by Crippen LogP contribution is 2.30. The highest BCUT2D eigenvalue weighted by Gasteiger charge is 2.42. The minimum absolute atomic E-state index is 0.231. The standard InChI is InChI=1S/C12H15N3O3/c1-12(10(16)17)4-6-15(8-12)11(18)14-9-3-2-5-13-7-9/h2-3,5,7H,4,6,8H2,1H3,(H,14,18)(H,16,17). The van der Waals surface area contributed by atoms with Crippen LogP contribution in [0.15, 0.2) is 24.5 Å². The molecule has 2 heterocycles. The number of aliphatic carboxylic acids is 1. The normalized spacial score (nSPS) is 22.8. The summed E-state index contributed by atoms with van der Waals surface area (Å²) in [7, 11) is 0. The van der Waals surface area contributed by atoms with E-state index in [1.54, 1.807) is 31.5 Å². The molecule has 6 heteroatoms. The minimum atomic E-state index is -0.862. The van der Waals surface area contributed by atoms with Gasteiger partial charge in [0.2, 0.25) is 0 Å². The molecule has 1 aromatic heterocycles. The summed E-state index contributed by atoms with van der Waals surface area (Å²) in [6, 6.07) is 3.17. The van der Waals surface area contributed by atoms with Crippen LogP contribution in [-0.4, -0.2) is 40.1 Å². The zero-order valence-corrected chi connectivity index (χ0v) is 10.1. The van der Waals surface area contributed by atoms with E-state index in [9.17, 15) is 9.59 Å². The van der Waals surface area contributed by atoms with Gasteiger partial charge in [0.15, 0.2) is 0 Å². The van der Waals surface area contributed by atoms with E-state index in [0.29, 0.717) is 18.7 Å². The second-order valence-corrected chi connectivity index (χ2v) is 4.71. The van der Waals surface area contributed by atoms with Gasteiger partial charge < -0.3 is 15.3 Å². The molecule has 1 unspecified atom stereocenters. The number of nitrogens with zero attached hydrogens (tertiary/aromatic N) is 2. The summed E-state index contributed by atoms with van der Waals surface area (Å²) >= 11 is 0. The average molecular weight is 249 g/mol. The first kappa shape index (κ1) is 12.3. The number of hydrogen-bond acceptors (Lipinski definition) is 3. The number of anilines is 1. The molecule has 1 saturated heterocycles. The number of carboxylic acids is 1. The van der Waals surface area contributed by atoms with Crippen LogP contribution in [0.1, 0.15) is 13.3 Å². The number of carbonyl (C=O) groups excluding carboxylic acids is 1. The molecular formula is C12H15N3O3. The van der Waals surface area contributed by atoms with E-state index in [1.807, 2.05) is 0 Å². The summed E-state index contributed by atoms with van der Waals surface area (Å²) < 4.78 is 0. The van der Waals surface area contributed by atoms with Crippen LogP contribution < -0.4 is 5.32 Å². The summed E-state index contributed by atoms with van der Waals surface area (Å²) in [6.45, 7) is 2.34. The van der Waals surface area contributed by atoms with Gasteiger partial charge in [-0.15, -0.1) is 0 Å². The molecular weight excluding hydrogens is 234 g/mol. The van der Waals surface area contributed by atoms with Crippen molar-refractivity contribution in [1.29, 1.82) is 0 Å². The molecule has 96 valence electrons. The monoisotopic (exact) mass is 249 g/mol. The lowest BCUT2D eigenvalue weighted by Gasteiger charge is -2.20. The van der Waals surface area contributed by atoms with Crippen molar-refractivity contribution in [3.63, 3.8) is 0 Å². The van der Waals surface area contributed by atoms with Crippen LogP contribution in [0.2, 0.25) is 0 Å². The van der Waals surface area contributed by atoms with Gasteiger partial charge in [-0.1, -0.05) is 0 Å². The predicted molar refractivity (Wildman–Crippen MR) is 65.2 cm³/mol. The molecule has 1 atom stereocenters. The van der Waals surface area contributed by atoms with E-state index in [0.717, 1.165) is 0 Å². The van der Waals surface area contributed by atoms with E-state index in [1.165, 1.54) is 4.90 Å². The minimum Gasteiger partial charge on any atom is -0.481 e. The molecule has 0 aromatic carbocycles. The lowest BCUT2D eigenvalue weighted by Crippen LogP contribution is -2.37. The molecule has 0 spiro atoms. The number of amides is 2. The molecule has 6 nitrogen and oxygen atoms in total. The Bertz CT molecular complexity index is 463. The third-order valence-electron chi connectivity index (χ3n) is 3.19. The predicted octanol–water partition coefficient (Wildman–Crippen LogP) is 1.41. The van der Waals surface area contributed by atoms with Crippen molar-refractivity contribution in [2.45, 2.75) is 13.3 Å². The summed E-state index contributed by atoms with van der Waals surface area (Å²) in [5, 5.41) is 11.8. The van der Waals surface area contributed by atoms with Crippen molar-refractivity contribution in [1.82, 2.24) is 9.88 Å². The second-order valence-electron chi connectivity index (χ2n) is 4.71. The molecule has 2 N–H and O–H groups in total. The molecule has 2 amide bonds. The Kier molecular flexibility index (Phi) is 3.18. The van der Waals surface area contributed by atoms with Crippen molar-refractivity contribution in [3.05, 3.63) is 24.5 Å². The van der Waals surface area contributed by atoms with E-state index >= 15 is 0 Å². The fraction of sp³-hybridized carbons (Fsp3) is 0.417. The van der Waals surface area contributed by atoms with Gasteiger partial charge >= 0.3 is 12.0 Å². The fourth-order valence-corrected chi connectivity index (χ4v) is 1.95. The molecule has 1 aliphatic rings. The Morgan fingerprint density at radius 3 is 2.89 bits per heavy atom. The average Bonchev–Trinajstić information content (AvgIpc) is 2.75. The van der Waals surface area contributed by atoms with Gasteiger partial charge in [0.1, 0.15) is 0 Å². The fourth-order valence-electron chi connectivity index (χ4n) is 1.95. The molecule has 1 fully saturated rings. The third-order valence-corrected chi connectivity index (χ3v) is 3.19. The van der Waals surface area contributed by atoms with Crippen LogP contribution in [0.3, 0.4) is 0 Å². The number of nitrogens with one attached hydrogen (secondary N) is 1. The number of hydrogen-bond donors (Lipinski definition) is 2. The Morgan fingerprint density at radius 2 is 2.33 bits per heavy atom. The Labute approximate surface area is 105 Å². The molecule has 0 aliphatic carbocycles. The van der Waals surface area contributed by atoms with Crippen LogP contribution in [0.5, 0.6) is 0 Å². The number of carboxylic acid groups (broad SMARTS) is 1. The molecule has 2 rings (SSSR count). The number of aromatic nitrogens is 1. The van der Waals surface area contributed by atoms with E-state index in [4.69, 9.17) is 5.11 Å². The maximum absolute atomic E-state index is 11.9. The van der Waals surface area contributed by atoms with Crippen LogP contribution >= 0.6 is 0 Å². The summed E-state index contributed by atoms with van der Waals surface area (Å²) in [5.41, 5.74) is -0.238. The number of urea groups is 1. The maximum Gasteiger partial charge on any atom is 0.321 e. The van der Waals surface area contributed by atoms with Crippen molar-refractivity contribution in [2.24, 2.45) is 5.41 Å². The smallest absolute Gasteiger partial charge is 0.321 e. The lowest BCUT2D eigenvalue weighted by molar-refractivity contribution is -0.146. The van der Waals surface area contributed by atoms with Gasteiger partial charge in [-0.25, -0.2) is 4.79 Å². The highest BCUT2D eigenvalue weighted by atomic mass is 16.4. The van der Waals surface area contributed by atoms with Gasteiger partial charge in [-0.3, -0.25) is 9.78 Å². The molecule has 18 heavy (non-hydrogen) atoms. The van der Waals surface area contributed by atoms with E-state index in [2.05, 4.69) is 10.3 Å². The third kappa shape index (κ3) is 2.42. The largest absolute Gasteiger partial charge is 0.481 e. The van der Waals surface area contributed by atoms with Gasteiger partial charge in [0.25, 0.3) is 0 Å².